The molecule has 2 heterocycles. The molecule has 17 heavy (non-hydrogen) atoms. The van der Waals surface area contributed by atoms with Crippen LogP contribution >= 0.6 is 0 Å². The molecule has 0 aromatic carbocycles. The molecule has 0 spiro atoms. The Hall–Kier alpha value is -1.08. The maximum absolute atomic E-state index is 11.5. The predicted molar refractivity (Wildman–Crippen MR) is 64.8 cm³/mol. The minimum Gasteiger partial charge on any atom is -0.473 e. The van der Waals surface area contributed by atoms with Crippen LogP contribution in [0.3, 0.4) is 0 Å². The van der Waals surface area contributed by atoms with Crippen molar-refractivity contribution < 1.29 is 13.2 Å². The van der Waals surface area contributed by atoms with E-state index in [-0.39, 0.29) is 16.9 Å². The van der Waals surface area contributed by atoms with Gasteiger partial charge in [-0.1, -0.05) is 0 Å². The Labute approximate surface area is 101 Å². The number of nitrogens with one attached hydrogen (secondary N) is 2. The lowest BCUT2D eigenvalue weighted by atomic mass is 10.1. The van der Waals surface area contributed by atoms with Crippen molar-refractivity contribution in [3.05, 3.63) is 17.3 Å². The fourth-order valence-electron chi connectivity index (χ4n) is 1.76. The zero-order valence-electron chi connectivity index (χ0n) is 9.64. The van der Waals surface area contributed by atoms with Crippen LogP contribution in [0.4, 0.5) is 0 Å². The molecular formula is C10H16N3O3S. The summed E-state index contributed by atoms with van der Waals surface area (Å²) in [6.45, 7) is 3.18. The van der Waals surface area contributed by atoms with Crippen LogP contribution in [0.2, 0.25) is 0 Å². The Morgan fingerprint density at radius 3 is 2.76 bits per heavy atom. The minimum atomic E-state index is -3.32. The van der Waals surface area contributed by atoms with Gasteiger partial charge in [-0.2, -0.15) is 0 Å². The Balaban J connectivity index is 2.15. The number of hydrogen-bond acceptors (Lipinski definition) is 6. The lowest BCUT2D eigenvalue weighted by molar-refractivity contribution is 0.0859. The molecule has 0 bridgehead atoms. The summed E-state index contributed by atoms with van der Waals surface area (Å²) >= 11 is 0. The second-order valence-corrected chi connectivity index (χ2v) is 6.06. The second kappa shape index (κ2) is 5.05. The van der Waals surface area contributed by atoms with Crippen molar-refractivity contribution in [1.82, 2.24) is 10.6 Å². The normalized spacial score (nSPS) is 22.4. The largest absolute Gasteiger partial charge is 0.473 e. The monoisotopic (exact) mass is 258 g/mol. The second-order valence-electron chi connectivity index (χ2n) is 4.08. The first-order valence-electron chi connectivity index (χ1n) is 5.51. The topological polar surface area (TPSA) is 79.8 Å². The van der Waals surface area contributed by atoms with Gasteiger partial charge in [-0.3, -0.25) is 0 Å². The molecule has 0 atom stereocenters. The van der Waals surface area contributed by atoms with E-state index in [0.717, 1.165) is 32.2 Å². The fourth-order valence-corrected chi connectivity index (χ4v) is 2.46. The minimum absolute atomic E-state index is 0.0339. The van der Waals surface area contributed by atoms with Crippen LogP contribution in [0.15, 0.2) is 15.8 Å². The molecule has 0 aromatic heterocycles. The number of nitrogens with zero attached hydrogens (tertiary/aromatic N) is 1. The molecule has 0 saturated carbocycles. The molecule has 2 N–H and O–H groups in total. The molecule has 1 saturated heterocycles. The van der Waals surface area contributed by atoms with Gasteiger partial charge in [-0.25, -0.2) is 13.4 Å². The van der Waals surface area contributed by atoms with Gasteiger partial charge in [0.1, 0.15) is 11.0 Å². The van der Waals surface area contributed by atoms with E-state index in [1.807, 2.05) is 0 Å². The van der Waals surface area contributed by atoms with Gasteiger partial charge in [0.25, 0.3) is 0 Å². The number of rotatable bonds is 3. The molecular weight excluding hydrogens is 242 g/mol. The van der Waals surface area contributed by atoms with Crippen molar-refractivity contribution in [3.8, 4) is 0 Å². The van der Waals surface area contributed by atoms with Gasteiger partial charge in [-0.15, -0.1) is 0 Å². The van der Waals surface area contributed by atoms with Crippen LogP contribution < -0.4 is 10.6 Å². The Morgan fingerprint density at radius 2 is 2.12 bits per heavy atom. The fraction of sp³-hybridized carbons (Fsp3) is 0.600. The van der Waals surface area contributed by atoms with Crippen molar-refractivity contribution in [2.24, 2.45) is 4.99 Å². The van der Waals surface area contributed by atoms with Crippen LogP contribution in [0.5, 0.6) is 0 Å². The van der Waals surface area contributed by atoms with E-state index in [9.17, 15) is 8.42 Å². The molecule has 1 fully saturated rings. The van der Waals surface area contributed by atoms with Crippen molar-refractivity contribution in [2.75, 3.05) is 19.3 Å². The quantitative estimate of drug-likeness (QED) is 0.730. The Morgan fingerprint density at radius 1 is 1.41 bits per heavy atom. The van der Waals surface area contributed by atoms with E-state index in [0.29, 0.717) is 0 Å². The molecule has 0 aliphatic carbocycles. The molecule has 1 radical (unpaired) electrons. The third-order valence-electron chi connectivity index (χ3n) is 2.65. The Kier molecular flexibility index (Phi) is 3.68. The first-order valence-corrected chi connectivity index (χ1v) is 7.40. The molecule has 0 amide bonds. The summed E-state index contributed by atoms with van der Waals surface area (Å²) in [5, 5.41) is 5.88. The van der Waals surface area contributed by atoms with E-state index < -0.39 is 9.84 Å². The van der Waals surface area contributed by atoms with E-state index in [1.165, 1.54) is 12.9 Å². The highest BCUT2D eigenvalue weighted by atomic mass is 32.2. The van der Waals surface area contributed by atoms with E-state index in [1.54, 1.807) is 0 Å². The molecule has 95 valence electrons. The SMILES string of the molecule is CS(=O)(=O)C1=C(OC2CCNCC2)N=CN[CH]1. The van der Waals surface area contributed by atoms with E-state index in [2.05, 4.69) is 15.6 Å². The lowest BCUT2D eigenvalue weighted by Crippen LogP contribution is -2.33. The first-order chi connectivity index (χ1) is 8.07. The number of hydrogen-bond donors (Lipinski definition) is 2. The number of piperidine rings is 1. The zero-order valence-corrected chi connectivity index (χ0v) is 10.5. The molecule has 7 heteroatoms. The highest BCUT2D eigenvalue weighted by Crippen LogP contribution is 2.21. The van der Waals surface area contributed by atoms with Crippen molar-refractivity contribution in [1.29, 1.82) is 0 Å². The average Bonchev–Trinajstić information content (AvgIpc) is 2.30. The van der Waals surface area contributed by atoms with Crippen LogP contribution in [0, 0.1) is 6.54 Å². The van der Waals surface area contributed by atoms with Gasteiger partial charge in [0.2, 0.25) is 5.88 Å². The van der Waals surface area contributed by atoms with Gasteiger partial charge in [0, 0.05) is 6.26 Å². The molecule has 0 unspecified atom stereocenters. The van der Waals surface area contributed by atoms with Crippen LogP contribution in [-0.2, 0) is 14.6 Å². The van der Waals surface area contributed by atoms with Crippen LogP contribution in [0.25, 0.3) is 0 Å². The summed E-state index contributed by atoms with van der Waals surface area (Å²) in [5.74, 6) is 0.193. The van der Waals surface area contributed by atoms with Crippen molar-refractivity contribution in [3.63, 3.8) is 0 Å². The molecule has 0 aromatic rings. The van der Waals surface area contributed by atoms with Gasteiger partial charge in [-0.05, 0) is 25.9 Å². The molecule has 2 rings (SSSR count). The van der Waals surface area contributed by atoms with Crippen molar-refractivity contribution >= 4 is 16.2 Å². The Bertz CT molecular complexity index is 436. The lowest BCUT2D eigenvalue weighted by Gasteiger charge is -2.25. The zero-order chi connectivity index (χ0) is 12.3. The molecule has 2 aliphatic heterocycles. The standard InChI is InChI=1S/C10H16N3O3S/c1-17(14,15)9-6-12-7-13-10(9)16-8-2-4-11-5-3-8/h6-8,11H,2-5H2,1H3,(H,12,13). The first kappa shape index (κ1) is 12.4. The van der Waals surface area contributed by atoms with Gasteiger partial charge >= 0.3 is 0 Å². The van der Waals surface area contributed by atoms with Gasteiger partial charge < -0.3 is 15.4 Å². The number of sulfone groups is 1. The van der Waals surface area contributed by atoms with Gasteiger partial charge in [0.05, 0.1) is 12.9 Å². The summed E-state index contributed by atoms with van der Waals surface area (Å²) in [6.07, 6.45) is 4.33. The van der Waals surface area contributed by atoms with Crippen molar-refractivity contribution in [2.45, 2.75) is 18.9 Å². The highest BCUT2D eigenvalue weighted by Gasteiger charge is 2.24. The maximum atomic E-state index is 11.5. The molecule has 6 nitrogen and oxygen atoms in total. The average molecular weight is 258 g/mol. The van der Waals surface area contributed by atoms with E-state index in [4.69, 9.17) is 4.74 Å². The number of aliphatic imine (C=N–C) groups is 1. The summed E-state index contributed by atoms with van der Waals surface area (Å²) in [7, 11) is -3.32. The molecule has 2 aliphatic rings. The highest BCUT2D eigenvalue weighted by molar-refractivity contribution is 7.94. The summed E-state index contributed by atoms with van der Waals surface area (Å²) < 4.78 is 28.7. The third kappa shape index (κ3) is 3.19. The maximum Gasteiger partial charge on any atom is 0.232 e. The summed E-state index contributed by atoms with van der Waals surface area (Å²) in [5.41, 5.74) is 0. The van der Waals surface area contributed by atoms with Crippen LogP contribution in [-0.4, -0.2) is 40.2 Å². The number of ether oxygens (including phenoxy) is 1. The summed E-state index contributed by atoms with van der Waals surface area (Å²) in [4.78, 5) is 4.07. The predicted octanol–water partition coefficient (Wildman–Crippen LogP) is -0.238. The summed E-state index contributed by atoms with van der Waals surface area (Å²) in [6, 6.07) is 0. The smallest absolute Gasteiger partial charge is 0.232 e. The van der Waals surface area contributed by atoms with Crippen LogP contribution in [0.1, 0.15) is 12.8 Å². The van der Waals surface area contributed by atoms with E-state index >= 15 is 0 Å². The third-order valence-corrected chi connectivity index (χ3v) is 3.74. The van der Waals surface area contributed by atoms with Gasteiger partial charge in [0.15, 0.2) is 9.84 Å².